The molecule has 8 heteroatoms. The molecule has 37 heavy (non-hydrogen) atoms. The molecule has 0 aliphatic carbocycles. The summed E-state index contributed by atoms with van der Waals surface area (Å²) in [6.07, 6.45) is 2.50. The molecule has 4 heterocycles. The van der Waals surface area contributed by atoms with Gasteiger partial charge >= 0.3 is 12.2 Å². The number of nitrogens with zero attached hydrogens (tertiary/aromatic N) is 2. The van der Waals surface area contributed by atoms with E-state index in [1.807, 2.05) is 17.0 Å². The maximum atomic E-state index is 12.2. The summed E-state index contributed by atoms with van der Waals surface area (Å²) >= 11 is 0. The fraction of sp³-hybridized carbons (Fsp3) is 0.517. The monoisotopic (exact) mass is 506 g/mol. The lowest BCUT2D eigenvalue weighted by Gasteiger charge is -2.29. The average molecular weight is 507 g/mol. The van der Waals surface area contributed by atoms with Crippen LogP contribution in [-0.2, 0) is 35.4 Å². The Morgan fingerprint density at radius 2 is 1.32 bits per heavy atom. The summed E-state index contributed by atoms with van der Waals surface area (Å²) in [5.41, 5.74) is 5.18. The number of hydrogen-bond donors (Lipinski definition) is 2. The number of ether oxygens (including phenoxy) is 2. The quantitative estimate of drug-likeness (QED) is 0.650. The first-order valence-corrected chi connectivity index (χ1v) is 13.5. The van der Waals surface area contributed by atoms with Crippen molar-refractivity contribution in [3.05, 3.63) is 70.8 Å². The third-order valence-corrected chi connectivity index (χ3v) is 7.76. The minimum absolute atomic E-state index is 0.0182. The maximum Gasteiger partial charge on any atom is 0.410 e. The molecule has 2 aromatic carbocycles. The Morgan fingerprint density at radius 3 is 1.84 bits per heavy atom. The second kappa shape index (κ2) is 12.0. The van der Waals surface area contributed by atoms with Gasteiger partial charge in [0.15, 0.2) is 0 Å². The zero-order valence-corrected chi connectivity index (χ0v) is 21.7. The van der Waals surface area contributed by atoms with Gasteiger partial charge in [0.1, 0.15) is 12.2 Å². The van der Waals surface area contributed by atoms with E-state index in [9.17, 15) is 9.59 Å². The first-order chi connectivity index (χ1) is 18.1. The number of rotatable bonds is 2. The van der Waals surface area contributed by atoms with Gasteiger partial charge in [0.2, 0.25) is 0 Å². The summed E-state index contributed by atoms with van der Waals surface area (Å²) in [4.78, 5) is 27.8. The second-order valence-corrected chi connectivity index (χ2v) is 10.4. The fourth-order valence-electron chi connectivity index (χ4n) is 5.40. The lowest BCUT2D eigenvalue weighted by atomic mass is 10.0. The molecular formula is C29H38N4O4. The third kappa shape index (κ3) is 6.43. The van der Waals surface area contributed by atoms with E-state index in [1.165, 1.54) is 22.3 Å². The number of benzene rings is 2. The Hall–Kier alpha value is -3.10. The molecule has 0 aromatic heterocycles. The van der Waals surface area contributed by atoms with Crippen molar-refractivity contribution < 1.29 is 19.1 Å². The molecule has 198 valence electrons. The number of carbonyl (C=O) groups excluding carboxylic acids is 2. The number of amides is 2. The van der Waals surface area contributed by atoms with Crippen molar-refractivity contribution in [3.63, 3.8) is 0 Å². The van der Waals surface area contributed by atoms with Gasteiger partial charge in [0.25, 0.3) is 0 Å². The van der Waals surface area contributed by atoms with Crippen LogP contribution in [0.4, 0.5) is 9.59 Å². The van der Waals surface area contributed by atoms with Crippen LogP contribution in [0.1, 0.15) is 35.6 Å². The van der Waals surface area contributed by atoms with Gasteiger partial charge in [-0.1, -0.05) is 55.5 Å². The number of hydrogen-bond acceptors (Lipinski definition) is 6. The molecule has 8 nitrogen and oxygen atoms in total. The molecule has 2 amide bonds. The van der Waals surface area contributed by atoms with Crippen LogP contribution >= 0.6 is 0 Å². The van der Waals surface area contributed by atoms with Gasteiger partial charge in [0.05, 0.1) is 0 Å². The van der Waals surface area contributed by atoms with Crippen molar-refractivity contribution in [1.82, 2.24) is 20.4 Å². The van der Waals surface area contributed by atoms with Crippen molar-refractivity contribution in [3.8, 4) is 0 Å². The van der Waals surface area contributed by atoms with E-state index in [1.54, 1.807) is 4.90 Å². The molecular weight excluding hydrogens is 468 g/mol. The SMILES string of the molecule is CC1CNC[C@@H]1OC(=O)N1CCc2ccccc2C1.O=C(O[C@@H]1CCNC1)N1CCc2ccccc2C1. The van der Waals surface area contributed by atoms with E-state index in [0.29, 0.717) is 19.0 Å². The zero-order valence-electron chi connectivity index (χ0n) is 21.7. The van der Waals surface area contributed by atoms with Crippen LogP contribution in [0.2, 0.25) is 0 Å². The van der Waals surface area contributed by atoms with Crippen molar-refractivity contribution in [2.45, 2.75) is 51.5 Å². The minimum atomic E-state index is -0.171. The van der Waals surface area contributed by atoms with E-state index in [2.05, 4.69) is 54.0 Å². The fourth-order valence-corrected chi connectivity index (χ4v) is 5.40. The first kappa shape index (κ1) is 25.5. The minimum Gasteiger partial charge on any atom is -0.445 e. The summed E-state index contributed by atoms with van der Waals surface area (Å²) in [6.45, 7) is 8.41. The van der Waals surface area contributed by atoms with Crippen LogP contribution in [0.3, 0.4) is 0 Å². The smallest absolute Gasteiger partial charge is 0.410 e. The number of fused-ring (bicyclic) bond motifs is 2. The standard InChI is InChI=1S/C15H20N2O2.C14H18N2O2/c1-11-8-16-9-14(11)19-15(18)17-7-6-12-4-2-3-5-13(12)10-17;17-14(18-13-5-7-15-9-13)16-8-6-11-3-1-2-4-12(11)10-16/h2-5,11,14,16H,6-10H2,1H3;1-4,13,15H,5-10H2/t11?,14-;13-/m01/s1. The van der Waals surface area contributed by atoms with Gasteiger partial charge in [-0.15, -0.1) is 0 Å². The van der Waals surface area contributed by atoms with Crippen LogP contribution in [0.5, 0.6) is 0 Å². The summed E-state index contributed by atoms with van der Waals surface area (Å²) in [6, 6.07) is 16.6. The van der Waals surface area contributed by atoms with Crippen LogP contribution in [-0.4, -0.2) is 73.5 Å². The Bertz CT molecular complexity index is 1090. The van der Waals surface area contributed by atoms with E-state index in [4.69, 9.17) is 9.47 Å². The predicted octanol–water partition coefficient (Wildman–Crippen LogP) is 3.33. The summed E-state index contributed by atoms with van der Waals surface area (Å²) in [7, 11) is 0. The van der Waals surface area contributed by atoms with Gasteiger partial charge in [0, 0.05) is 51.7 Å². The number of nitrogens with one attached hydrogen (secondary N) is 2. The van der Waals surface area contributed by atoms with Gasteiger partial charge in [-0.05, 0) is 48.1 Å². The molecule has 0 radical (unpaired) electrons. The zero-order chi connectivity index (χ0) is 25.6. The Balaban J connectivity index is 0.000000152. The lowest BCUT2D eigenvalue weighted by molar-refractivity contribution is 0.0522. The van der Waals surface area contributed by atoms with Crippen molar-refractivity contribution in [2.75, 3.05) is 39.3 Å². The van der Waals surface area contributed by atoms with E-state index in [0.717, 1.165) is 58.5 Å². The van der Waals surface area contributed by atoms with Gasteiger partial charge < -0.3 is 29.9 Å². The highest BCUT2D eigenvalue weighted by Crippen LogP contribution is 2.21. The molecule has 0 saturated carbocycles. The van der Waals surface area contributed by atoms with Crippen molar-refractivity contribution in [1.29, 1.82) is 0 Å². The van der Waals surface area contributed by atoms with Crippen LogP contribution in [0.25, 0.3) is 0 Å². The van der Waals surface area contributed by atoms with Crippen molar-refractivity contribution >= 4 is 12.2 Å². The van der Waals surface area contributed by atoms with Crippen LogP contribution in [0, 0.1) is 5.92 Å². The van der Waals surface area contributed by atoms with Crippen LogP contribution in [0.15, 0.2) is 48.5 Å². The largest absolute Gasteiger partial charge is 0.445 e. The highest BCUT2D eigenvalue weighted by atomic mass is 16.6. The molecule has 4 aliphatic heterocycles. The Labute approximate surface area is 219 Å². The third-order valence-electron chi connectivity index (χ3n) is 7.76. The molecule has 3 atom stereocenters. The Kier molecular flexibility index (Phi) is 8.26. The second-order valence-electron chi connectivity index (χ2n) is 10.4. The molecule has 1 unspecified atom stereocenters. The lowest BCUT2D eigenvalue weighted by Crippen LogP contribution is -2.39. The molecule has 2 N–H and O–H groups in total. The topological polar surface area (TPSA) is 83.1 Å². The summed E-state index contributed by atoms with van der Waals surface area (Å²) in [5, 5.41) is 6.45. The van der Waals surface area contributed by atoms with Crippen molar-refractivity contribution in [2.24, 2.45) is 5.92 Å². The summed E-state index contributed by atoms with van der Waals surface area (Å²) < 4.78 is 11.1. The molecule has 0 spiro atoms. The van der Waals surface area contributed by atoms with E-state index < -0.39 is 0 Å². The summed E-state index contributed by atoms with van der Waals surface area (Å²) in [5.74, 6) is 0.404. The van der Waals surface area contributed by atoms with Gasteiger partial charge in [-0.2, -0.15) is 0 Å². The molecule has 2 saturated heterocycles. The Morgan fingerprint density at radius 1 is 0.757 bits per heavy atom. The molecule has 0 bridgehead atoms. The highest BCUT2D eigenvalue weighted by Gasteiger charge is 2.30. The van der Waals surface area contributed by atoms with E-state index in [-0.39, 0.29) is 24.4 Å². The predicted molar refractivity (Wildman–Crippen MR) is 141 cm³/mol. The molecule has 4 aliphatic rings. The van der Waals surface area contributed by atoms with Gasteiger partial charge in [-0.3, -0.25) is 0 Å². The first-order valence-electron chi connectivity index (χ1n) is 13.5. The highest BCUT2D eigenvalue weighted by molar-refractivity contribution is 5.69. The molecule has 6 rings (SSSR count). The number of carbonyl (C=O) groups is 2. The normalized spacial score (nSPS) is 24.4. The van der Waals surface area contributed by atoms with E-state index >= 15 is 0 Å². The molecule has 2 aromatic rings. The van der Waals surface area contributed by atoms with Gasteiger partial charge in [-0.25, -0.2) is 9.59 Å². The van der Waals surface area contributed by atoms with Crippen LogP contribution < -0.4 is 10.6 Å². The average Bonchev–Trinajstić information content (AvgIpc) is 3.60. The maximum absolute atomic E-state index is 12.2. The molecule has 2 fully saturated rings.